The van der Waals surface area contributed by atoms with Crippen molar-refractivity contribution < 1.29 is 19.0 Å². The number of nitrogens with two attached hydrogens (primary N) is 1. The monoisotopic (exact) mass is 306 g/mol. The maximum atomic E-state index is 11.5. The average molecular weight is 306 g/mol. The summed E-state index contributed by atoms with van der Waals surface area (Å²) < 4.78 is 16.3. The highest BCUT2D eigenvalue weighted by Crippen LogP contribution is 2.35. The van der Waals surface area contributed by atoms with Crippen LogP contribution in [0.1, 0.15) is 20.1 Å². The fourth-order valence-corrected chi connectivity index (χ4v) is 2.91. The van der Waals surface area contributed by atoms with Crippen LogP contribution in [0.2, 0.25) is 0 Å². The Morgan fingerprint density at radius 2 is 2.19 bits per heavy atom. The van der Waals surface area contributed by atoms with E-state index in [9.17, 15) is 4.79 Å². The van der Waals surface area contributed by atoms with E-state index in [4.69, 9.17) is 20.1 Å². The van der Waals surface area contributed by atoms with E-state index in [1.54, 1.807) is 12.1 Å². The van der Waals surface area contributed by atoms with E-state index in [1.807, 2.05) is 19.1 Å². The molecule has 7 heteroatoms. The van der Waals surface area contributed by atoms with Gasteiger partial charge < -0.3 is 14.2 Å². The summed E-state index contributed by atoms with van der Waals surface area (Å²) in [6.07, 6.45) is 0. The van der Waals surface area contributed by atoms with Crippen molar-refractivity contribution in [1.82, 2.24) is 5.43 Å². The Labute approximate surface area is 125 Å². The normalized spacial score (nSPS) is 12.3. The van der Waals surface area contributed by atoms with Crippen LogP contribution in [0, 0.1) is 6.92 Å². The van der Waals surface area contributed by atoms with Crippen molar-refractivity contribution in [1.29, 1.82) is 0 Å². The van der Waals surface area contributed by atoms with Gasteiger partial charge in [0.2, 0.25) is 6.79 Å². The molecule has 1 aromatic heterocycles. The predicted octanol–water partition coefficient (Wildman–Crippen LogP) is 1.97. The van der Waals surface area contributed by atoms with Crippen LogP contribution in [-0.2, 0) is 6.61 Å². The highest BCUT2D eigenvalue weighted by Gasteiger charge is 2.15. The van der Waals surface area contributed by atoms with Gasteiger partial charge in [-0.2, -0.15) is 0 Å². The number of ether oxygens (including phenoxy) is 3. The zero-order valence-electron chi connectivity index (χ0n) is 11.3. The summed E-state index contributed by atoms with van der Waals surface area (Å²) in [6, 6.07) is 7.21. The lowest BCUT2D eigenvalue weighted by Gasteiger charge is -2.06. The van der Waals surface area contributed by atoms with Gasteiger partial charge in [-0.25, -0.2) is 5.84 Å². The Bertz CT molecular complexity index is 684. The van der Waals surface area contributed by atoms with Crippen LogP contribution in [0.3, 0.4) is 0 Å². The second-order valence-electron chi connectivity index (χ2n) is 4.47. The Balaban J connectivity index is 1.70. The van der Waals surface area contributed by atoms with Crippen molar-refractivity contribution in [3.63, 3.8) is 0 Å². The molecule has 1 aliphatic heterocycles. The molecular weight excluding hydrogens is 292 g/mol. The summed E-state index contributed by atoms with van der Waals surface area (Å²) in [7, 11) is 0. The number of aryl methyl sites for hydroxylation is 1. The molecule has 0 saturated carbocycles. The Morgan fingerprint density at radius 1 is 1.38 bits per heavy atom. The predicted molar refractivity (Wildman–Crippen MR) is 77.6 cm³/mol. The lowest BCUT2D eigenvalue weighted by Crippen LogP contribution is -2.29. The number of nitrogens with one attached hydrogen (secondary N) is 1. The Kier molecular flexibility index (Phi) is 3.68. The minimum Gasteiger partial charge on any atom is -0.489 e. The number of amides is 1. The number of thiophene rings is 1. The zero-order chi connectivity index (χ0) is 14.8. The summed E-state index contributed by atoms with van der Waals surface area (Å²) in [5.74, 6) is 6.92. The molecule has 0 spiro atoms. The van der Waals surface area contributed by atoms with Crippen molar-refractivity contribution in [3.8, 4) is 17.2 Å². The molecule has 0 aliphatic carbocycles. The van der Waals surface area contributed by atoms with Gasteiger partial charge in [0.05, 0.1) is 4.88 Å². The minimum absolute atomic E-state index is 0.236. The van der Waals surface area contributed by atoms with Crippen LogP contribution in [-0.4, -0.2) is 12.7 Å². The SMILES string of the molecule is Cc1sc(C(=O)NN)cc1COc1ccc2c(c1)OCO2. The molecule has 21 heavy (non-hydrogen) atoms. The van der Waals surface area contributed by atoms with Gasteiger partial charge in [0.25, 0.3) is 5.91 Å². The van der Waals surface area contributed by atoms with Crippen molar-refractivity contribution in [2.45, 2.75) is 13.5 Å². The molecule has 0 saturated heterocycles. The molecule has 0 radical (unpaired) electrons. The lowest BCUT2D eigenvalue weighted by atomic mass is 10.2. The maximum Gasteiger partial charge on any atom is 0.275 e. The van der Waals surface area contributed by atoms with E-state index in [2.05, 4.69) is 5.43 Å². The largest absolute Gasteiger partial charge is 0.489 e. The average Bonchev–Trinajstić information content (AvgIpc) is 3.10. The Morgan fingerprint density at radius 3 is 3.00 bits per heavy atom. The van der Waals surface area contributed by atoms with Gasteiger partial charge in [-0.15, -0.1) is 11.3 Å². The van der Waals surface area contributed by atoms with E-state index >= 15 is 0 Å². The number of hydrogen-bond donors (Lipinski definition) is 2. The van der Waals surface area contributed by atoms with Gasteiger partial charge in [0.1, 0.15) is 12.4 Å². The number of fused-ring (bicyclic) bond motifs is 1. The van der Waals surface area contributed by atoms with Gasteiger partial charge in [-0.1, -0.05) is 0 Å². The standard InChI is InChI=1S/C14H14N2O4S/c1-8-9(4-13(21-8)14(17)16-15)6-18-10-2-3-11-12(5-10)20-7-19-11/h2-5H,6-7,15H2,1H3,(H,16,17). The zero-order valence-corrected chi connectivity index (χ0v) is 12.2. The second-order valence-corrected chi connectivity index (χ2v) is 5.73. The number of carbonyl (C=O) groups is 1. The first-order valence-electron chi connectivity index (χ1n) is 6.30. The van der Waals surface area contributed by atoms with E-state index in [0.717, 1.165) is 16.2 Å². The van der Waals surface area contributed by atoms with Crippen molar-refractivity contribution in [2.24, 2.45) is 5.84 Å². The molecule has 3 rings (SSSR count). The van der Waals surface area contributed by atoms with Gasteiger partial charge >= 0.3 is 0 Å². The van der Waals surface area contributed by atoms with Crippen molar-refractivity contribution in [3.05, 3.63) is 39.6 Å². The number of hydrazine groups is 1. The highest BCUT2D eigenvalue weighted by molar-refractivity contribution is 7.14. The van der Waals surface area contributed by atoms with E-state index < -0.39 is 0 Å². The number of rotatable bonds is 4. The molecule has 1 aliphatic rings. The molecule has 0 unspecified atom stereocenters. The van der Waals surface area contributed by atoms with Crippen LogP contribution in [0.5, 0.6) is 17.2 Å². The van der Waals surface area contributed by atoms with Crippen molar-refractivity contribution in [2.75, 3.05) is 6.79 Å². The number of nitrogen functional groups attached to an aromatic ring is 1. The summed E-state index contributed by atoms with van der Waals surface area (Å²) in [4.78, 5) is 13.1. The highest BCUT2D eigenvalue weighted by atomic mass is 32.1. The molecule has 0 fully saturated rings. The smallest absolute Gasteiger partial charge is 0.275 e. The third-order valence-electron chi connectivity index (χ3n) is 3.11. The fraction of sp³-hybridized carbons (Fsp3) is 0.214. The summed E-state index contributed by atoms with van der Waals surface area (Å²) >= 11 is 1.39. The van der Waals surface area contributed by atoms with Gasteiger partial charge in [0.15, 0.2) is 11.5 Å². The lowest BCUT2D eigenvalue weighted by molar-refractivity contribution is 0.0957. The first-order chi connectivity index (χ1) is 10.2. The molecule has 1 aromatic carbocycles. The molecule has 1 amide bonds. The van der Waals surface area contributed by atoms with Crippen LogP contribution >= 0.6 is 11.3 Å². The Hall–Kier alpha value is -2.25. The first kappa shape index (κ1) is 13.7. The quantitative estimate of drug-likeness (QED) is 0.512. The van der Waals surface area contributed by atoms with Crippen molar-refractivity contribution >= 4 is 17.2 Å². The summed E-state index contributed by atoms with van der Waals surface area (Å²) in [5.41, 5.74) is 3.08. The maximum absolute atomic E-state index is 11.5. The summed E-state index contributed by atoms with van der Waals surface area (Å²) in [6.45, 7) is 2.55. The molecule has 2 heterocycles. The third kappa shape index (κ3) is 2.79. The first-order valence-corrected chi connectivity index (χ1v) is 7.11. The molecule has 3 N–H and O–H groups in total. The number of carbonyl (C=O) groups excluding carboxylic acids is 1. The van der Waals surface area contributed by atoms with E-state index in [-0.39, 0.29) is 12.7 Å². The fourth-order valence-electron chi connectivity index (χ4n) is 1.97. The molecule has 110 valence electrons. The number of hydrogen-bond acceptors (Lipinski definition) is 6. The molecule has 0 bridgehead atoms. The van der Waals surface area contributed by atoms with Crippen LogP contribution < -0.4 is 25.5 Å². The number of benzene rings is 1. The molecule has 2 aromatic rings. The molecule has 0 atom stereocenters. The van der Waals surface area contributed by atoms with E-state index in [0.29, 0.717) is 23.0 Å². The van der Waals surface area contributed by atoms with Gasteiger partial charge in [-0.3, -0.25) is 10.2 Å². The van der Waals surface area contributed by atoms with E-state index in [1.165, 1.54) is 11.3 Å². The van der Waals surface area contributed by atoms with Gasteiger partial charge in [0, 0.05) is 16.5 Å². The van der Waals surface area contributed by atoms with Gasteiger partial charge in [-0.05, 0) is 25.1 Å². The molecular formula is C14H14N2O4S. The second kappa shape index (κ2) is 5.63. The topological polar surface area (TPSA) is 82.8 Å². The third-order valence-corrected chi connectivity index (χ3v) is 4.21. The van der Waals surface area contributed by atoms with Crippen LogP contribution in [0.15, 0.2) is 24.3 Å². The minimum atomic E-state index is -0.294. The summed E-state index contributed by atoms with van der Waals surface area (Å²) in [5, 5.41) is 0. The molecule has 6 nitrogen and oxygen atoms in total. The van der Waals surface area contributed by atoms with Crippen LogP contribution in [0.4, 0.5) is 0 Å². The van der Waals surface area contributed by atoms with Crippen LogP contribution in [0.25, 0.3) is 0 Å².